The molecule has 0 saturated carbocycles. The first kappa shape index (κ1) is 7.63. The highest BCUT2D eigenvalue weighted by Crippen LogP contribution is 2.10. The van der Waals surface area contributed by atoms with E-state index in [0.717, 1.165) is 11.4 Å². The predicted molar refractivity (Wildman–Crippen MR) is 44.2 cm³/mol. The Hall–Kier alpha value is -1.47. The average Bonchev–Trinajstić information content (AvgIpc) is 1.95. The van der Waals surface area contributed by atoms with Crippen molar-refractivity contribution in [3.8, 4) is 0 Å². The Morgan fingerprint density at radius 3 is 2.82 bits per heavy atom. The Labute approximate surface area is 65.5 Å². The number of aliphatic imine (C=N–C) groups is 1. The van der Waals surface area contributed by atoms with E-state index in [0.29, 0.717) is 5.82 Å². The lowest BCUT2D eigenvalue weighted by molar-refractivity contribution is 1.05. The van der Waals surface area contributed by atoms with E-state index in [1.807, 2.05) is 13.8 Å². The van der Waals surface area contributed by atoms with E-state index in [1.54, 1.807) is 6.20 Å². The number of rotatable bonds is 1. The molecule has 1 rings (SSSR count). The molecule has 1 aromatic rings. The van der Waals surface area contributed by atoms with Crippen LogP contribution in [0.3, 0.4) is 0 Å². The summed E-state index contributed by atoms with van der Waals surface area (Å²) in [5.74, 6) is 3.01. The van der Waals surface area contributed by atoms with Crippen LogP contribution in [0.1, 0.15) is 11.4 Å². The standard InChI is InChI=1S/C8H9N3/c1-4-9-8-7(3)11-6(2)5-10-8/h5H,1H2,2-3H3. The SMILES string of the molecule is C=C=Nc1ncc(C)nc1C. The van der Waals surface area contributed by atoms with Crippen LogP contribution in [0, 0.1) is 13.8 Å². The van der Waals surface area contributed by atoms with Gasteiger partial charge in [0.2, 0.25) is 0 Å². The van der Waals surface area contributed by atoms with E-state index in [-0.39, 0.29) is 0 Å². The number of aromatic nitrogens is 2. The average molecular weight is 147 g/mol. The van der Waals surface area contributed by atoms with Crippen LogP contribution in [0.15, 0.2) is 17.8 Å². The van der Waals surface area contributed by atoms with Crippen molar-refractivity contribution in [2.24, 2.45) is 4.99 Å². The van der Waals surface area contributed by atoms with Gasteiger partial charge in [-0.05, 0) is 26.3 Å². The Balaban J connectivity index is 3.19. The minimum atomic E-state index is 0.589. The second-order valence-electron chi connectivity index (χ2n) is 2.19. The van der Waals surface area contributed by atoms with Crippen molar-refractivity contribution in [2.45, 2.75) is 13.8 Å². The summed E-state index contributed by atoms with van der Waals surface area (Å²) in [5, 5.41) is 0. The zero-order valence-corrected chi connectivity index (χ0v) is 6.63. The number of hydrogen-bond acceptors (Lipinski definition) is 3. The van der Waals surface area contributed by atoms with Crippen LogP contribution in [0.25, 0.3) is 0 Å². The fourth-order valence-corrected chi connectivity index (χ4v) is 0.776. The normalized spacial score (nSPS) is 8.91. The highest BCUT2D eigenvalue weighted by atomic mass is 14.9. The number of aryl methyl sites for hydroxylation is 2. The molecule has 0 amide bonds. The third kappa shape index (κ3) is 1.72. The molecule has 0 spiro atoms. The monoisotopic (exact) mass is 147 g/mol. The van der Waals surface area contributed by atoms with Gasteiger partial charge in [0, 0.05) is 0 Å². The first-order valence-corrected chi connectivity index (χ1v) is 3.27. The van der Waals surface area contributed by atoms with Gasteiger partial charge in [-0.25, -0.2) is 4.98 Å². The van der Waals surface area contributed by atoms with Crippen LogP contribution in [0.5, 0.6) is 0 Å². The molecule has 0 aliphatic rings. The van der Waals surface area contributed by atoms with Crippen molar-refractivity contribution in [1.29, 1.82) is 0 Å². The smallest absolute Gasteiger partial charge is 0.182 e. The molecule has 3 heteroatoms. The summed E-state index contributed by atoms with van der Waals surface area (Å²) in [7, 11) is 0. The van der Waals surface area contributed by atoms with Crippen LogP contribution in [-0.4, -0.2) is 15.8 Å². The van der Waals surface area contributed by atoms with E-state index in [2.05, 4.69) is 27.4 Å². The van der Waals surface area contributed by atoms with Gasteiger partial charge in [0.15, 0.2) is 5.82 Å². The third-order valence-corrected chi connectivity index (χ3v) is 1.23. The largest absolute Gasteiger partial charge is 0.253 e. The fraction of sp³-hybridized carbons (Fsp3) is 0.250. The molecule has 0 aliphatic carbocycles. The maximum absolute atomic E-state index is 4.17. The van der Waals surface area contributed by atoms with Crippen molar-refractivity contribution in [1.82, 2.24) is 9.97 Å². The molecule has 0 saturated heterocycles. The highest BCUT2D eigenvalue weighted by Gasteiger charge is 1.96. The zero-order chi connectivity index (χ0) is 8.27. The van der Waals surface area contributed by atoms with Crippen molar-refractivity contribution in [2.75, 3.05) is 0 Å². The molecule has 0 fully saturated rings. The molecular formula is C8H9N3. The molecule has 1 aromatic heterocycles. The summed E-state index contributed by atoms with van der Waals surface area (Å²) in [6.07, 6.45) is 1.67. The van der Waals surface area contributed by atoms with E-state index in [4.69, 9.17) is 0 Å². The molecule has 0 radical (unpaired) electrons. The van der Waals surface area contributed by atoms with Crippen molar-refractivity contribution in [3.63, 3.8) is 0 Å². The summed E-state index contributed by atoms with van der Waals surface area (Å²) in [6.45, 7) is 7.11. The molecule has 0 unspecified atom stereocenters. The van der Waals surface area contributed by atoms with E-state index in [9.17, 15) is 0 Å². The topological polar surface area (TPSA) is 38.1 Å². The molecule has 0 atom stereocenters. The van der Waals surface area contributed by atoms with Gasteiger partial charge < -0.3 is 0 Å². The molecule has 0 aromatic carbocycles. The van der Waals surface area contributed by atoms with Gasteiger partial charge in [-0.3, -0.25) is 4.98 Å². The summed E-state index contributed by atoms with van der Waals surface area (Å²) in [6, 6.07) is 0. The second kappa shape index (κ2) is 3.08. The van der Waals surface area contributed by atoms with Crippen molar-refractivity contribution < 1.29 is 0 Å². The van der Waals surface area contributed by atoms with Crippen molar-refractivity contribution in [3.05, 3.63) is 24.2 Å². The molecule has 0 aliphatic heterocycles. The molecular weight excluding hydrogens is 138 g/mol. The second-order valence-corrected chi connectivity index (χ2v) is 2.19. The van der Waals surface area contributed by atoms with Crippen LogP contribution in [0.2, 0.25) is 0 Å². The van der Waals surface area contributed by atoms with Crippen molar-refractivity contribution >= 4 is 11.7 Å². The molecule has 1 heterocycles. The molecule has 3 nitrogen and oxygen atoms in total. The Bertz CT molecular complexity index is 311. The lowest BCUT2D eigenvalue weighted by atomic mass is 10.4. The highest BCUT2D eigenvalue weighted by molar-refractivity contribution is 5.54. The number of hydrogen-bond donors (Lipinski definition) is 0. The minimum Gasteiger partial charge on any atom is -0.253 e. The quantitative estimate of drug-likeness (QED) is 0.565. The summed E-state index contributed by atoms with van der Waals surface area (Å²) in [5.41, 5.74) is 1.70. The summed E-state index contributed by atoms with van der Waals surface area (Å²) in [4.78, 5) is 12.0. The van der Waals surface area contributed by atoms with Crippen LogP contribution in [0.4, 0.5) is 5.82 Å². The van der Waals surface area contributed by atoms with E-state index in [1.165, 1.54) is 0 Å². The third-order valence-electron chi connectivity index (χ3n) is 1.23. The molecule has 0 N–H and O–H groups in total. The van der Waals surface area contributed by atoms with E-state index < -0.39 is 0 Å². The molecule has 0 bridgehead atoms. The van der Waals surface area contributed by atoms with E-state index >= 15 is 0 Å². The maximum atomic E-state index is 4.17. The van der Waals surface area contributed by atoms with Gasteiger partial charge in [0.1, 0.15) is 0 Å². The summed E-state index contributed by atoms with van der Waals surface area (Å²) >= 11 is 0. The lowest BCUT2D eigenvalue weighted by Crippen LogP contribution is -1.88. The molecule has 56 valence electrons. The zero-order valence-electron chi connectivity index (χ0n) is 6.63. The Morgan fingerprint density at radius 1 is 1.55 bits per heavy atom. The Morgan fingerprint density at radius 2 is 2.27 bits per heavy atom. The van der Waals surface area contributed by atoms with Crippen LogP contribution < -0.4 is 0 Å². The predicted octanol–water partition coefficient (Wildman–Crippen LogP) is 1.58. The van der Waals surface area contributed by atoms with Crippen LogP contribution >= 0.6 is 0 Å². The van der Waals surface area contributed by atoms with Gasteiger partial charge in [-0.1, -0.05) is 0 Å². The maximum Gasteiger partial charge on any atom is 0.182 e. The van der Waals surface area contributed by atoms with Gasteiger partial charge >= 0.3 is 0 Å². The lowest BCUT2D eigenvalue weighted by Gasteiger charge is -1.96. The Kier molecular flexibility index (Phi) is 2.14. The number of nitrogens with zero attached hydrogens (tertiary/aromatic N) is 3. The van der Waals surface area contributed by atoms with Crippen LogP contribution in [-0.2, 0) is 0 Å². The van der Waals surface area contributed by atoms with Gasteiger partial charge in [0.05, 0.1) is 17.6 Å². The first-order valence-electron chi connectivity index (χ1n) is 3.27. The van der Waals surface area contributed by atoms with Gasteiger partial charge in [-0.2, -0.15) is 4.99 Å². The summed E-state index contributed by atoms with van der Waals surface area (Å²) < 4.78 is 0. The first-order chi connectivity index (χ1) is 5.24. The molecule has 11 heavy (non-hydrogen) atoms. The van der Waals surface area contributed by atoms with Gasteiger partial charge in [0.25, 0.3) is 0 Å². The minimum absolute atomic E-state index is 0.589. The fourth-order valence-electron chi connectivity index (χ4n) is 0.776. The van der Waals surface area contributed by atoms with Gasteiger partial charge in [-0.15, -0.1) is 0 Å².